The fourth-order valence-electron chi connectivity index (χ4n) is 5.82. The molecule has 0 aliphatic rings. The first-order valence-corrected chi connectivity index (χ1v) is 16.6. The smallest absolute Gasteiger partial charge is 0.0440 e. The molecule has 0 saturated carbocycles. The van der Waals surface area contributed by atoms with Crippen LogP contribution >= 0.6 is 0 Å². The standard InChI is InChI=1S/C34H70/c1-6-8-10-11-12-13-14-15-16-17-18-19-21-25-29-33(4)31-34(5)30-26-23-20-22-24-28-32(3)27-9-7-2/h32-34H,6-31H2,1-5H3. The van der Waals surface area contributed by atoms with E-state index >= 15 is 0 Å². The molecule has 0 heteroatoms. The second kappa shape index (κ2) is 27.6. The maximum Gasteiger partial charge on any atom is -0.0440 e. The number of unbranched alkanes of at least 4 members (excludes halogenated alkanes) is 18. The van der Waals surface area contributed by atoms with Crippen molar-refractivity contribution in [1.82, 2.24) is 0 Å². The van der Waals surface area contributed by atoms with Gasteiger partial charge < -0.3 is 0 Å². The molecule has 0 fully saturated rings. The quantitative estimate of drug-likeness (QED) is 0.0980. The summed E-state index contributed by atoms with van der Waals surface area (Å²) in [5, 5.41) is 0. The van der Waals surface area contributed by atoms with Crippen molar-refractivity contribution in [2.24, 2.45) is 17.8 Å². The Labute approximate surface area is 219 Å². The van der Waals surface area contributed by atoms with Gasteiger partial charge in [0.25, 0.3) is 0 Å². The highest BCUT2D eigenvalue weighted by Gasteiger charge is 2.09. The normalized spacial score (nSPS) is 14.4. The minimum Gasteiger partial charge on any atom is -0.0654 e. The molecule has 0 heterocycles. The Morgan fingerprint density at radius 3 is 0.912 bits per heavy atom. The van der Waals surface area contributed by atoms with Crippen LogP contribution < -0.4 is 0 Å². The van der Waals surface area contributed by atoms with E-state index in [2.05, 4.69) is 34.6 Å². The van der Waals surface area contributed by atoms with Crippen molar-refractivity contribution in [3.05, 3.63) is 0 Å². The first-order valence-electron chi connectivity index (χ1n) is 16.6. The van der Waals surface area contributed by atoms with Gasteiger partial charge in [-0.25, -0.2) is 0 Å². The molecule has 0 amide bonds. The highest BCUT2D eigenvalue weighted by molar-refractivity contribution is 4.62. The van der Waals surface area contributed by atoms with Gasteiger partial charge in [-0.2, -0.15) is 0 Å². The molecule has 3 unspecified atom stereocenters. The molecule has 0 rings (SSSR count). The minimum absolute atomic E-state index is 0.940. The van der Waals surface area contributed by atoms with E-state index in [1.807, 2.05) is 0 Å². The van der Waals surface area contributed by atoms with Gasteiger partial charge in [0, 0.05) is 0 Å². The van der Waals surface area contributed by atoms with E-state index in [1.54, 1.807) is 0 Å². The van der Waals surface area contributed by atoms with Gasteiger partial charge in [-0.05, 0) is 24.2 Å². The third kappa shape index (κ3) is 26.6. The Bertz CT molecular complexity index is 359. The van der Waals surface area contributed by atoms with Crippen LogP contribution in [0.25, 0.3) is 0 Å². The van der Waals surface area contributed by atoms with Crippen LogP contribution in [-0.4, -0.2) is 0 Å². The van der Waals surface area contributed by atoms with Gasteiger partial charge in [-0.1, -0.05) is 195 Å². The van der Waals surface area contributed by atoms with Gasteiger partial charge in [0.1, 0.15) is 0 Å². The SMILES string of the molecule is CCCCCCCCCCCCCCCCC(C)CC(C)CCCCCCCC(C)CCCC. The van der Waals surface area contributed by atoms with E-state index in [9.17, 15) is 0 Å². The van der Waals surface area contributed by atoms with Gasteiger partial charge in [0.2, 0.25) is 0 Å². The predicted octanol–water partition coefficient (Wildman–Crippen LogP) is 13.1. The summed E-state index contributed by atoms with van der Waals surface area (Å²) < 4.78 is 0. The van der Waals surface area contributed by atoms with Crippen LogP contribution in [0.1, 0.15) is 202 Å². The van der Waals surface area contributed by atoms with E-state index in [0.29, 0.717) is 0 Å². The summed E-state index contributed by atoms with van der Waals surface area (Å²) in [6.07, 6.45) is 38.1. The summed E-state index contributed by atoms with van der Waals surface area (Å²) in [6.45, 7) is 12.1. The van der Waals surface area contributed by atoms with E-state index in [-0.39, 0.29) is 0 Å². The van der Waals surface area contributed by atoms with E-state index in [1.165, 1.54) is 167 Å². The summed E-state index contributed by atoms with van der Waals surface area (Å²) in [4.78, 5) is 0. The summed E-state index contributed by atoms with van der Waals surface area (Å²) in [5.41, 5.74) is 0. The fraction of sp³-hybridized carbons (Fsp3) is 1.00. The van der Waals surface area contributed by atoms with Crippen molar-refractivity contribution >= 4 is 0 Å². The van der Waals surface area contributed by atoms with E-state index in [4.69, 9.17) is 0 Å². The zero-order chi connectivity index (χ0) is 25.1. The lowest BCUT2D eigenvalue weighted by atomic mass is 9.89. The van der Waals surface area contributed by atoms with Gasteiger partial charge in [-0.3, -0.25) is 0 Å². The lowest BCUT2D eigenvalue weighted by Crippen LogP contribution is -2.03. The minimum atomic E-state index is 0.940. The van der Waals surface area contributed by atoms with Crippen LogP contribution in [0.4, 0.5) is 0 Å². The Kier molecular flexibility index (Phi) is 27.6. The van der Waals surface area contributed by atoms with Crippen molar-refractivity contribution in [2.75, 3.05) is 0 Å². The number of rotatable bonds is 28. The molecule has 206 valence electrons. The molecule has 0 spiro atoms. The molecule has 0 saturated heterocycles. The lowest BCUT2D eigenvalue weighted by molar-refractivity contribution is 0.355. The summed E-state index contributed by atoms with van der Waals surface area (Å²) in [7, 11) is 0. The first kappa shape index (κ1) is 34.0. The molecule has 0 aromatic heterocycles. The highest BCUT2D eigenvalue weighted by atomic mass is 14.1. The summed E-state index contributed by atoms with van der Waals surface area (Å²) in [5.74, 6) is 2.84. The van der Waals surface area contributed by atoms with Crippen molar-refractivity contribution < 1.29 is 0 Å². The summed E-state index contributed by atoms with van der Waals surface area (Å²) in [6, 6.07) is 0. The number of hydrogen-bond acceptors (Lipinski definition) is 0. The van der Waals surface area contributed by atoms with Gasteiger partial charge >= 0.3 is 0 Å². The first-order chi connectivity index (χ1) is 16.6. The maximum atomic E-state index is 2.51. The molecular formula is C34H70. The molecule has 0 aliphatic heterocycles. The van der Waals surface area contributed by atoms with Crippen molar-refractivity contribution in [3.8, 4) is 0 Å². The predicted molar refractivity (Wildman–Crippen MR) is 159 cm³/mol. The Morgan fingerprint density at radius 2 is 0.559 bits per heavy atom. The third-order valence-electron chi connectivity index (χ3n) is 8.30. The summed E-state index contributed by atoms with van der Waals surface area (Å²) >= 11 is 0. The van der Waals surface area contributed by atoms with Crippen molar-refractivity contribution in [2.45, 2.75) is 202 Å². The van der Waals surface area contributed by atoms with Crippen LogP contribution in [0.3, 0.4) is 0 Å². The Hall–Kier alpha value is 0. The molecule has 0 N–H and O–H groups in total. The lowest BCUT2D eigenvalue weighted by Gasteiger charge is -2.17. The average molecular weight is 479 g/mol. The van der Waals surface area contributed by atoms with Crippen molar-refractivity contribution in [1.29, 1.82) is 0 Å². The Morgan fingerprint density at radius 1 is 0.294 bits per heavy atom. The second-order valence-electron chi connectivity index (χ2n) is 12.4. The highest BCUT2D eigenvalue weighted by Crippen LogP contribution is 2.23. The monoisotopic (exact) mass is 479 g/mol. The molecule has 0 bridgehead atoms. The molecule has 0 aromatic carbocycles. The largest absolute Gasteiger partial charge is 0.0654 e. The maximum absolute atomic E-state index is 2.51. The molecule has 0 aliphatic carbocycles. The molecule has 0 nitrogen and oxygen atoms in total. The zero-order valence-corrected chi connectivity index (χ0v) is 25.1. The van der Waals surface area contributed by atoms with E-state index in [0.717, 1.165) is 17.8 Å². The zero-order valence-electron chi connectivity index (χ0n) is 25.1. The molecular weight excluding hydrogens is 408 g/mol. The van der Waals surface area contributed by atoms with Gasteiger partial charge in [0.05, 0.1) is 0 Å². The molecule has 0 aromatic rings. The Balaban J connectivity index is 3.33. The molecule has 0 radical (unpaired) electrons. The van der Waals surface area contributed by atoms with Crippen LogP contribution in [0.15, 0.2) is 0 Å². The van der Waals surface area contributed by atoms with Gasteiger partial charge in [-0.15, -0.1) is 0 Å². The van der Waals surface area contributed by atoms with Crippen LogP contribution in [-0.2, 0) is 0 Å². The van der Waals surface area contributed by atoms with Crippen molar-refractivity contribution in [3.63, 3.8) is 0 Å². The fourth-order valence-corrected chi connectivity index (χ4v) is 5.82. The topological polar surface area (TPSA) is 0 Å². The van der Waals surface area contributed by atoms with Crippen LogP contribution in [0.5, 0.6) is 0 Å². The number of hydrogen-bond donors (Lipinski definition) is 0. The second-order valence-corrected chi connectivity index (χ2v) is 12.4. The van der Waals surface area contributed by atoms with Gasteiger partial charge in [0.15, 0.2) is 0 Å². The van der Waals surface area contributed by atoms with E-state index < -0.39 is 0 Å². The molecule has 34 heavy (non-hydrogen) atoms. The third-order valence-corrected chi connectivity index (χ3v) is 8.30. The molecule has 3 atom stereocenters. The average Bonchev–Trinajstić information content (AvgIpc) is 2.82. The van der Waals surface area contributed by atoms with Crippen LogP contribution in [0.2, 0.25) is 0 Å². The van der Waals surface area contributed by atoms with Crippen LogP contribution in [0, 0.1) is 17.8 Å².